The fraction of sp³-hybridized carbons (Fsp3) is 0.833. The fourth-order valence-corrected chi connectivity index (χ4v) is 1.35. The molecule has 2 amide bonds. The number of nitrogens with two attached hydrogens (primary N) is 1. The zero-order chi connectivity index (χ0) is 13.5. The Labute approximate surface area is 104 Å². The third kappa shape index (κ3) is 8.68. The van der Waals surface area contributed by atoms with Crippen molar-refractivity contribution in [3.8, 4) is 0 Å². The molecule has 0 aliphatic rings. The highest BCUT2D eigenvalue weighted by Crippen LogP contribution is 1.98. The highest BCUT2D eigenvalue weighted by atomic mass is 16.2. The molecule has 4 N–H and O–H groups in total. The maximum atomic E-state index is 11.4. The number of carbonyl (C=O) groups is 2. The average molecular weight is 243 g/mol. The molecule has 0 rings (SSSR count). The summed E-state index contributed by atoms with van der Waals surface area (Å²) in [5, 5.41) is 5.48. The van der Waals surface area contributed by atoms with Crippen molar-refractivity contribution in [2.45, 2.75) is 58.5 Å². The molecule has 0 heterocycles. The first-order valence-corrected chi connectivity index (χ1v) is 6.10. The number of hydrogen-bond acceptors (Lipinski definition) is 3. The van der Waals surface area contributed by atoms with E-state index in [9.17, 15) is 9.59 Å². The summed E-state index contributed by atoms with van der Waals surface area (Å²) in [7, 11) is 0. The summed E-state index contributed by atoms with van der Waals surface area (Å²) in [5.41, 5.74) is 5.40. The van der Waals surface area contributed by atoms with Crippen LogP contribution in [0.25, 0.3) is 0 Å². The molecular weight excluding hydrogens is 218 g/mol. The van der Waals surface area contributed by atoms with Gasteiger partial charge in [0.15, 0.2) is 0 Å². The van der Waals surface area contributed by atoms with Crippen molar-refractivity contribution < 1.29 is 9.59 Å². The zero-order valence-electron chi connectivity index (χ0n) is 11.3. The predicted molar refractivity (Wildman–Crippen MR) is 68.4 cm³/mol. The average Bonchev–Trinajstić information content (AvgIpc) is 2.14. The standard InChI is InChI=1S/C12H25N3O2/c1-5-6-9(13)11(17)14-8-7-10(16)15-12(2,3)4/h9H,5-8,13H2,1-4H3,(H,14,17)(H,15,16)/t9-/m1/s1. The van der Waals surface area contributed by atoms with Gasteiger partial charge in [-0.2, -0.15) is 0 Å². The summed E-state index contributed by atoms with van der Waals surface area (Å²) in [4.78, 5) is 22.9. The van der Waals surface area contributed by atoms with Gasteiger partial charge in [-0.3, -0.25) is 9.59 Å². The van der Waals surface area contributed by atoms with Crippen LogP contribution in [0.1, 0.15) is 47.0 Å². The van der Waals surface area contributed by atoms with Gasteiger partial charge in [0.1, 0.15) is 0 Å². The molecule has 100 valence electrons. The van der Waals surface area contributed by atoms with E-state index in [0.717, 1.165) is 6.42 Å². The normalized spacial score (nSPS) is 13.0. The molecule has 1 atom stereocenters. The zero-order valence-corrected chi connectivity index (χ0v) is 11.3. The summed E-state index contributed by atoms with van der Waals surface area (Å²) < 4.78 is 0. The van der Waals surface area contributed by atoms with Gasteiger partial charge in [0.05, 0.1) is 6.04 Å². The van der Waals surface area contributed by atoms with Crippen LogP contribution >= 0.6 is 0 Å². The van der Waals surface area contributed by atoms with Crippen molar-refractivity contribution >= 4 is 11.8 Å². The van der Waals surface area contributed by atoms with Crippen molar-refractivity contribution in [1.82, 2.24) is 10.6 Å². The van der Waals surface area contributed by atoms with Gasteiger partial charge < -0.3 is 16.4 Å². The van der Waals surface area contributed by atoms with Crippen LogP contribution in [0.4, 0.5) is 0 Å². The lowest BCUT2D eigenvalue weighted by atomic mass is 10.1. The van der Waals surface area contributed by atoms with Crippen LogP contribution in [0.2, 0.25) is 0 Å². The summed E-state index contributed by atoms with van der Waals surface area (Å²) in [6.07, 6.45) is 1.82. The summed E-state index contributed by atoms with van der Waals surface area (Å²) in [5.74, 6) is -0.253. The van der Waals surface area contributed by atoms with Gasteiger partial charge >= 0.3 is 0 Å². The molecule has 0 radical (unpaired) electrons. The van der Waals surface area contributed by atoms with E-state index in [1.54, 1.807) is 0 Å². The largest absolute Gasteiger partial charge is 0.354 e. The van der Waals surface area contributed by atoms with E-state index < -0.39 is 6.04 Å². The Hall–Kier alpha value is -1.10. The van der Waals surface area contributed by atoms with Crippen LogP contribution in [0, 0.1) is 0 Å². The fourth-order valence-electron chi connectivity index (χ4n) is 1.35. The lowest BCUT2D eigenvalue weighted by Gasteiger charge is -2.20. The molecule has 0 spiro atoms. The molecule has 5 heteroatoms. The van der Waals surface area contributed by atoms with E-state index in [1.807, 2.05) is 27.7 Å². The van der Waals surface area contributed by atoms with Gasteiger partial charge in [0.2, 0.25) is 11.8 Å². The second-order valence-corrected chi connectivity index (χ2v) is 5.23. The number of amides is 2. The summed E-state index contributed by atoms with van der Waals surface area (Å²) in [6.45, 7) is 8.06. The van der Waals surface area contributed by atoms with Crippen LogP contribution < -0.4 is 16.4 Å². The molecule has 0 aromatic carbocycles. The third-order valence-corrected chi connectivity index (χ3v) is 2.10. The Morgan fingerprint density at radius 3 is 2.35 bits per heavy atom. The Balaban J connectivity index is 3.77. The number of nitrogens with one attached hydrogen (secondary N) is 2. The lowest BCUT2D eigenvalue weighted by molar-refractivity contribution is -0.123. The molecular formula is C12H25N3O2. The minimum absolute atomic E-state index is 0.0677. The van der Waals surface area contributed by atoms with Gasteiger partial charge in [0, 0.05) is 18.5 Å². The first-order chi connectivity index (χ1) is 7.76. The van der Waals surface area contributed by atoms with Crippen molar-refractivity contribution in [2.75, 3.05) is 6.54 Å². The molecule has 0 bridgehead atoms. The maximum Gasteiger partial charge on any atom is 0.236 e. The molecule has 0 fully saturated rings. The Bertz CT molecular complexity index is 259. The smallest absolute Gasteiger partial charge is 0.236 e. The monoisotopic (exact) mass is 243 g/mol. The van der Waals surface area contributed by atoms with Crippen LogP contribution in [0.3, 0.4) is 0 Å². The van der Waals surface area contributed by atoms with E-state index in [2.05, 4.69) is 10.6 Å². The Morgan fingerprint density at radius 1 is 1.29 bits per heavy atom. The van der Waals surface area contributed by atoms with Crippen LogP contribution in [0.15, 0.2) is 0 Å². The van der Waals surface area contributed by atoms with Gasteiger partial charge in [-0.05, 0) is 27.2 Å². The molecule has 0 saturated carbocycles. The number of carbonyl (C=O) groups excluding carboxylic acids is 2. The quantitative estimate of drug-likeness (QED) is 0.636. The van der Waals surface area contributed by atoms with E-state index in [0.29, 0.717) is 13.0 Å². The number of hydrogen-bond donors (Lipinski definition) is 3. The highest BCUT2D eigenvalue weighted by molar-refractivity contribution is 5.82. The van der Waals surface area contributed by atoms with E-state index in [1.165, 1.54) is 0 Å². The second kappa shape index (κ2) is 7.27. The second-order valence-electron chi connectivity index (χ2n) is 5.23. The minimum atomic E-state index is -0.467. The van der Waals surface area contributed by atoms with Crippen molar-refractivity contribution in [2.24, 2.45) is 5.73 Å². The topological polar surface area (TPSA) is 84.2 Å². The van der Waals surface area contributed by atoms with E-state index >= 15 is 0 Å². The van der Waals surface area contributed by atoms with Crippen molar-refractivity contribution in [3.63, 3.8) is 0 Å². The number of rotatable bonds is 6. The summed E-state index contributed by atoms with van der Waals surface area (Å²) >= 11 is 0. The van der Waals surface area contributed by atoms with Crippen LogP contribution in [-0.2, 0) is 9.59 Å². The van der Waals surface area contributed by atoms with E-state index in [-0.39, 0.29) is 23.8 Å². The minimum Gasteiger partial charge on any atom is -0.354 e. The molecule has 5 nitrogen and oxygen atoms in total. The third-order valence-electron chi connectivity index (χ3n) is 2.10. The molecule has 0 unspecified atom stereocenters. The maximum absolute atomic E-state index is 11.4. The Morgan fingerprint density at radius 2 is 1.88 bits per heavy atom. The SMILES string of the molecule is CCC[C@@H](N)C(=O)NCCC(=O)NC(C)(C)C. The lowest BCUT2D eigenvalue weighted by Crippen LogP contribution is -2.44. The van der Waals surface area contributed by atoms with Crippen LogP contribution in [-0.4, -0.2) is 29.9 Å². The molecule has 0 aliphatic heterocycles. The Kier molecular flexibility index (Phi) is 6.80. The molecule has 17 heavy (non-hydrogen) atoms. The van der Waals surface area contributed by atoms with Gasteiger partial charge in [0.25, 0.3) is 0 Å². The first kappa shape index (κ1) is 15.9. The van der Waals surface area contributed by atoms with Gasteiger partial charge in [-0.15, -0.1) is 0 Å². The predicted octanol–water partition coefficient (Wildman–Crippen LogP) is 0.535. The molecule has 0 aliphatic carbocycles. The van der Waals surface area contributed by atoms with Crippen molar-refractivity contribution in [3.05, 3.63) is 0 Å². The van der Waals surface area contributed by atoms with E-state index in [4.69, 9.17) is 5.73 Å². The highest BCUT2D eigenvalue weighted by Gasteiger charge is 2.15. The molecule has 0 aromatic rings. The van der Waals surface area contributed by atoms with Gasteiger partial charge in [-0.25, -0.2) is 0 Å². The molecule has 0 aromatic heterocycles. The summed E-state index contributed by atoms with van der Waals surface area (Å²) in [6, 6.07) is -0.467. The van der Waals surface area contributed by atoms with Crippen molar-refractivity contribution in [1.29, 1.82) is 0 Å². The van der Waals surface area contributed by atoms with Gasteiger partial charge in [-0.1, -0.05) is 13.3 Å². The first-order valence-electron chi connectivity index (χ1n) is 6.10. The molecule has 0 saturated heterocycles. The van der Waals surface area contributed by atoms with Crippen LogP contribution in [0.5, 0.6) is 0 Å².